The third-order valence-corrected chi connectivity index (χ3v) is 4.16. The average Bonchev–Trinajstić information content (AvgIpc) is 2.34. The van der Waals surface area contributed by atoms with Gasteiger partial charge in [-0.25, -0.2) is 8.42 Å². The molecule has 0 aromatic carbocycles. The van der Waals surface area contributed by atoms with E-state index in [1.165, 1.54) is 0 Å². The molecule has 0 aromatic rings. The Labute approximate surface area is 74.0 Å². The van der Waals surface area contributed by atoms with E-state index in [-0.39, 0.29) is 6.17 Å². The maximum absolute atomic E-state index is 11.4. The van der Waals surface area contributed by atoms with Crippen molar-refractivity contribution in [2.75, 3.05) is 19.3 Å². The predicted octanol–water partition coefficient (Wildman–Crippen LogP) is -0.0226. The number of hydrogen-bond donors (Lipinski definition) is 1. The normalized spacial score (nSPS) is 25.8. The molecule has 1 atom stereocenters. The largest absolute Gasteiger partial charge is 0.304 e. The lowest BCUT2D eigenvalue weighted by Crippen LogP contribution is -2.44. The van der Waals surface area contributed by atoms with Crippen LogP contribution in [0.1, 0.15) is 19.8 Å². The van der Waals surface area contributed by atoms with E-state index in [2.05, 4.69) is 5.32 Å². The highest BCUT2D eigenvalue weighted by atomic mass is 32.2. The van der Waals surface area contributed by atoms with E-state index >= 15 is 0 Å². The van der Waals surface area contributed by atoms with Gasteiger partial charge in [0.2, 0.25) is 10.0 Å². The van der Waals surface area contributed by atoms with Gasteiger partial charge in [-0.15, -0.1) is 0 Å². The smallest absolute Gasteiger partial charge is 0.215 e. The fraction of sp³-hybridized carbons (Fsp3) is 1.00. The molecule has 1 heterocycles. The number of hydrogen-bond acceptors (Lipinski definition) is 3. The Kier molecular flexibility index (Phi) is 3.09. The summed E-state index contributed by atoms with van der Waals surface area (Å²) in [4.78, 5) is 0. The van der Waals surface area contributed by atoms with Crippen molar-refractivity contribution >= 4 is 10.0 Å². The van der Waals surface area contributed by atoms with Crippen LogP contribution >= 0.6 is 0 Å². The lowest BCUT2D eigenvalue weighted by atomic mass is 10.3. The van der Waals surface area contributed by atoms with Gasteiger partial charge in [0.05, 0.1) is 11.9 Å². The highest BCUT2D eigenvalue weighted by molar-refractivity contribution is 7.89. The van der Waals surface area contributed by atoms with Crippen LogP contribution in [0.25, 0.3) is 0 Å². The Hall–Kier alpha value is -0.130. The SMILES string of the molecule is CCC(NC)N1CCCS1(=O)=O. The Bertz CT molecular complexity index is 234. The molecular formula is C7H16N2O2S. The zero-order chi connectivity index (χ0) is 9.19. The first kappa shape index (κ1) is 9.95. The molecule has 5 heteroatoms. The molecule has 0 aromatic heterocycles. The van der Waals surface area contributed by atoms with Crippen LogP contribution < -0.4 is 5.32 Å². The van der Waals surface area contributed by atoms with Crippen molar-refractivity contribution < 1.29 is 8.42 Å². The highest BCUT2D eigenvalue weighted by Crippen LogP contribution is 2.16. The molecule has 1 unspecified atom stereocenters. The van der Waals surface area contributed by atoms with E-state index in [4.69, 9.17) is 0 Å². The number of rotatable bonds is 3. The van der Waals surface area contributed by atoms with Crippen LogP contribution in [0.2, 0.25) is 0 Å². The van der Waals surface area contributed by atoms with Crippen molar-refractivity contribution in [1.82, 2.24) is 9.62 Å². The van der Waals surface area contributed by atoms with E-state index < -0.39 is 10.0 Å². The maximum Gasteiger partial charge on any atom is 0.215 e. The average molecular weight is 192 g/mol. The summed E-state index contributed by atoms with van der Waals surface area (Å²) >= 11 is 0. The van der Waals surface area contributed by atoms with E-state index in [1.807, 2.05) is 6.92 Å². The molecule has 12 heavy (non-hydrogen) atoms. The van der Waals surface area contributed by atoms with Gasteiger partial charge in [0.15, 0.2) is 0 Å². The van der Waals surface area contributed by atoms with Crippen LogP contribution in [0.4, 0.5) is 0 Å². The Morgan fingerprint density at radius 2 is 2.25 bits per heavy atom. The summed E-state index contributed by atoms with van der Waals surface area (Å²) in [5.74, 6) is 0.311. The molecule has 0 amide bonds. The third-order valence-electron chi connectivity index (χ3n) is 2.21. The van der Waals surface area contributed by atoms with Crippen LogP contribution in [0.3, 0.4) is 0 Å². The quantitative estimate of drug-likeness (QED) is 0.683. The molecule has 1 saturated heterocycles. The number of nitrogens with zero attached hydrogens (tertiary/aromatic N) is 1. The summed E-state index contributed by atoms with van der Waals surface area (Å²) in [6.07, 6.45) is 1.56. The summed E-state index contributed by atoms with van der Waals surface area (Å²) in [6.45, 7) is 2.65. The minimum absolute atomic E-state index is 0.0162. The molecule has 0 spiro atoms. The van der Waals surface area contributed by atoms with Gasteiger partial charge in [-0.05, 0) is 19.9 Å². The zero-order valence-electron chi connectivity index (χ0n) is 7.58. The lowest BCUT2D eigenvalue weighted by molar-refractivity contribution is 0.297. The Balaban J connectivity index is 2.74. The van der Waals surface area contributed by atoms with Crippen LogP contribution in [0.15, 0.2) is 0 Å². The van der Waals surface area contributed by atoms with Gasteiger partial charge in [-0.2, -0.15) is 4.31 Å². The van der Waals surface area contributed by atoms with Crippen molar-refractivity contribution in [2.24, 2.45) is 0 Å². The van der Waals surface area contributed by atoms with E-state index in [9.17, 15) is 8.42 Å². The van der Waals surface area contributed by atoms with Crippen molar-refractivity contribution in [3.63, 3.8) is 0 Å². The summed E-state index contributed by atoms with van der Waals surface area (Å²) in [6, 6.07) is 0. The minimum atomic E-state index is -2.94. The van der Waals surface area contributed by atoms with E-state index in [0.717, 1.165) is 12.8 Å². The predicted molar refractivity (Wildman–Crippen MR) is 48.2 cm³/mol. The topological polar surface area (TPSA) is 49.4 Å². The number of sulfonamides is 1. The summed E-state index contributed by atoms with van der Waals surface area (Å²) < 4.78 is 24.4. The molecule has 1 rings (SSSR count). The molecule has 1 fully saturated rings. The molecule has 0 radical (unpaired) electrons. The fourth-order valence-electron chi connectivity index (χ4n) is 1.56. The highest BCUT2D eigenvalue weighted by Gasteiger charge is 2.32. The lowest BCUT2D eigenvalue weighted by Gasteiger charge is -2.24. The Morgan fingerprint density at radius 1 is 1.58 bits per heavy atom. The molecular weight excluding hydrogens is 176 g/mol. The molecule has 0 aliphatic carbocycles. The van der Waals surface area contributed by atoms with Crippen molar-refractivity contribution in [3.8, 4) is 0 Å². The molecule has 1 aliphatic heterocycles. The fourth-order valence-corrected chi connectivity index (χ4v) is 3.34. The van der Waals surface area contributed by atoms with Crippen LogP contribution in [-0.4, -0.2) is 38.2 Å². The summed E-state index contributed by atoms with van der Waals surface area (Å²) in [5, 5.41) is 3.00. The minimum Gasteiger partial charge on any atom is -0.304 e. The Morgan fingerprint density at radius 3 is 2.58 bits per heavy atom. The summed E-state index contributed by atoms with van der Waals surface area (Å²) in [7, 11) is -1.15. The van der Waals surface area contributed by atoms with Gasteiger partial charge < -0.3 is 5.32 Å². The van der Waals surface area contributed by atoms with Gasteiger partial charge in [0.25, 0.3) is 0 Å². The molecule has 1 aliphatic rings. The first-order valence-electron chi connectivity index (χ1n) is 4.28. The van der Waals surface area contributed by atoms with Crippen LogP contribution in [0, 0.1) is 0 Å². The zero-order valence-corrected chi connectivity index (χ0v) is 8.39. The van der Waals surface area contributed by atoms with Gasteiger partial charge in [0.1, 0.15) is 0 Å². The van der Waals surface area contributed by atoms with Crippen molar-refractivity contribution in [2.45, 2.75) is 25.9 Å². The first-order valence-corrected chi connectivity index (χ1v) is 5.89. The van der Waals surface area contributed by atoms with Crippen LogP contribution in [0.5, 0.6) is 0 Å². The van der Waals surface area contributed by atoms with E-state index in [1.54, 1.807) is 11.4 Å². The second kappa shape index (κ2) is 3.72. The summed E-state index contributed by atoms with van der Waals surface area (Å²) in [5.41, 5.74) is 0. The standard InChI is InChI=1S/C7H16N2O2S/c1-3-7(8-2)9-5-4-6-12(9,10)11/h7-8H,3-6H2,1-2H3. The van der Waals surface area contributed by atoms with Gasteiger partial charge in [-0.1, -0.05) is 6.92 Å². The first-order chi connectivity index (χ1) is 5.61. The van der Waals surface area contributed by atoms with Crippen molar-refractivity contribution in [3.05, 3.63) is 0 Å². The second-order valence-corrected chi connectivity index (χ2v) is 5.03. The van der Waals surface area contributed by atoms with Gasteiger partial charge in [-0.3, -0.25) is 0 Å². The molecule has 4 nitrogen and oxygen atoms in total. The monoisotopic (exact) mass is 192 g/mol. The third kappa shape index (κ3) is 1.78. The van der Waals surface area contributed by atoms with E-state index in [0.29, 0.717) is 12.3 Å². The van der Waals surface area contributed by atoms with Gasteiger partial charge >= 0.3 is 0 Å². The second-order valence-electron chi connectivity index (χ2n) is 2.99. The van der Waals surface area contributed by atoms with Crippen molar-refractivity contribution in [1.29, 1.82) is 0 Å². The molecule has 72 valence electrons. The molecule has 1 N–H and O–H groups in total. The van der Waals surface area contributed by atoms with Crippen LogP contribution in [-0.2, 0) is 10.0 Å². The number of nitrogens with one attached hydrogen (secondary N) is 1. The molecule has 0 bridgehead atoms. The van der Waals surface area contributed by atoms with Gasteiger partial charge in [0, 0.05) is 6.54 Å². The molecule has 0 saturated carbocycles. The maximum atomic E-state index is 11.4.